The highest BCUT2D eigenvalue weighted by atomic mass is 16.8. The quantitative estimate of drug-likeness (QED) is 0.0649. The Morgan fingerprint density at radius 3 is 1.10 bits per heavy atom. The van der Waals surface area contributed by atoms with Crippen molar-refractivity contribution in [2.45, 2.75) is 186 Å². The number of aliphatic hydroxyl groups is 15. The third kappa shape index (κ3) is 11.8. The monoisotopic (exact) mass is 1060 g/mol. The van der Waals surface area contributed by atoms with Gasteiger partial charge in [0.15, 0.2) is 25.2 Å². The predicted octanol–water partition coefficient (Wildman–Crippen LogP) is -9.79. The van der Waals surface area contributed by atoms with Crippen LogP contribution in [0.25, 0.3) is 0 Å². The zero-order chi connectivity index (χ0) is 53.4. The molecule has 7 rings (SSSR count). The lowest BCUT2D eigenvalue weighted by Crippen LogP contribution is -2.68. The first-order valence-corrected chi connectivity index (χ1v) is 23.7. The van der Waals surface area contributed by atoms with Crippen LogP contribution >= 0.6 is 0 Å². The van der Waals surface area contributed by atoms with Gasteiger partial charge in [-0.15, -0.1) is 0 Å². The van der Waals surface area contributed by atoms with E-state index in [9.17, 15) is 81.4 Å². The summed E-state index contributed by atoms with van der Waals surface area (Å²) in [6.07, 6.45) is -43.8. The number of carbonyl (C=O) groups is 1. The van der Waals surface area contributed by atoms with Gasteiger partial charge >= 0.3 is 0 Å². The Hall–Kier alpha value is -2.55. The van der Waals surface area contributed by atoms with Gasteiger partial charge < -0.3 is 140 Å². The van der Waals surface area contributed by atoms with Crippen LogP contribution in [0.1, 0.15) is 19.4 Å². The molecule has 6 heterocycles. The summed E-state index contributed by atoms with van der Waals surface area (Å²) in [4.78, 5) is 12.2. The van der Waals surface area contributed by atoms with Gasteiger partial charge in [0, 0.05) is 18.6 Å². The lowest BCUT2D eigenvalue weighted by molar-refractivity contribution is -0.392. The highest BCUT2D eigenvalue weighted by Gasteiger charge is 2.57. The number of rotatable bonds is 18. The van der Waals surface area contributed by atoms with Crippen molar-refractivity contribution in [1.29, 1.82) is 0 Å². The molecule has 27 unspecified atom stereocenters. The second kappa shape index (κ2) is 24.4. The number of benzene rings is 1. The van der Waals surface area contributed by atoms with Gasteiger partial charge in [-0.25, -0.2) is 0 Å². The predicted molar refractivity (Wildman–Crippen MR) is 234 cm³/mol. The molecule has 0 bridgehead atoms. The van der Waals surface area contributed by atoms with E-state index in [0.717, 1.165) is 5.56 Å². The molecule has 418 valence electrons. The van der Waals surface area contributed by atoms with Crippen LogP contribution in [-0.4, -0.2) is 288 Å². The summed E-state index contributed by atoms with van der Waals surface area (Å²) in [5.41, 5.74) is 6.37. The summed E-state index contributed by atoms with van der Waals surface area (Å²) in [5.74, 6) is -0.0486. The van der Waals surface area contributed by atoms with Crippen molar-refractivity contribution in [3.05, 3.63) is 29.8 Å². The van der Waals surface area contributed by atoms with Crippen molar-refractivity contribution in [3.63, 3.8) is 0 Å². The topological polar surface area (TPSA) is 460 Å². The van der Waals surface area contributed by atoms with Crippen molar-refractivity contribution >= 4 is 5.91 Å². The number of aliphatic hydroxyl groups excluding tert-OH is 15. The van der Waals surface area contributed by atoms with Crippen molar-refractivity contribution in [2.75, 3.05) is 40.1 Å². The van der Waals surface area contributed by atoms with E-state index >= 15 is 0 Å². The second-order valence-corrected chi connectivity index (χ2v) is 19.5. The van der Waals surface area contributed by atoms with E-state index in [4.69, 9.17) is 57.8 Å². The fourth-order valence-corrected chi connectivity index (χ4v) is 9.78. The molecule has 6 aliphatic heterocycles. The molecule has 0 radical (unpaired) electrons. The maximum absolute atomic E-state index is 12.2. The van der Waals surface area contributed by atoms with Gasteiger partial charge in [-0.05, 0) is 24.1 Å². The second-order valence-electron chi connectivity index (χ2n) is 19.5. The fraction of sp³-hybridized carbons (Fsp3) is 0.841. The molecule has 0 saturated carbocycles. The minimum Gasteiger partial charge on any atom is -0.462 e. The van der Waals surface area contributed by atoms with Crippen LogP contribution in [0.2, 0.25) is 0 Å². The van der Waals surface area contributed by atoms with Crippen LogP contribution in [0.4, 0.5) is 0 Å². The molecule has 6 fully saturated rings. The number of ether oxygens (including phenoxy) is 11. The van der Waals surface area contributed by atoms with E-state index < -0.39 is 198 Å². The molecular weight excluding hydrogens is 988 g/mol. The highest BCUT2D eigenvalue weighted by molar-refractivity contribution is 5.85. The average Bonchev–Trinajstić information content (AvgIpc) is 3.57. The first-order chi connectivity index (χ1) is 34.6. The molecule has 29 nitrogen and oxygen atoms in total. The van der Waals surface area contributed by atoms with Gasteiger partial charge in [-0.3, -0.25) is 4.79 Å². The Labute approximate surface area is 416 Å². The van der Waals surface area contributed by atoms with Crippen molar-refractivity contribution in [2.24, 2.45) is 11.1 Å². The Morgan fingerprint density at radius 1 is 0.493 bits per heavy atom. The molecule has 73 heavy (non-hydrogen) atoms. The largest absolute Gasteiger partial charge is 0.462 e. The van der Waals surface area contributed by atoms with Crippen LogP contribution in [-0.2, 0) is 58.6 Å². The lowest BCUT2D eigenvalue weighted by Gasteiger charge is -2.49. The molecule has 0 spiro atoms. The molecule has 1 amide bonds. The van der Waals surface area contributed by atoms with Gasteiger partial charge in [0.1, 0.15) is 128 Å². The Balaban J connectivity index is 0.938. The lowest BCUT2D eigenvalue weighted by atomic mass is 9.79. The number of hydrogen-bond acceptors (Lipinski definition) is 28. The van der Waals surface area contributed by atoms with E-state index in [1.54, 1.807) is 24.3 Å². The average molecular weight is 1060 g/mol. The highest BCUT2D eigenvalue weighted by Crippen LogP contribution is 2.37. The minimum atomic E-state index is -2.13. The molecule has 29 heteroatoms. The SMILES string of the molecule is COC1C(CO)OC(OC2C(CO)OC(OC3C(CO)OC(OC4C(CO)OC(OC5C(CO)OC(Oc6ccc(CC7NC(=O)C(N)C7(C)C)cc6)C(O)C5O)C(O)C4O)C(O)C3O)C(O)C2O)C(O)C1O. The minimum absolute atomic E-state index is 0.201. The molecule has 27 atom stereocenters. The number of nitrogens with two attached hydrogens (primary N) is 1. The first kappa shape index (κ1) is 58.1. The van der Waals surface area contributed by atoms with Crippen LogP contribution < -0.4 is 15.8 Å². The van der Waals surface area contributed by atoms with Gasteiger partial charge in [0.2, 0.25) is 12.2 Å². The van der Waals surface area contributed by atoms with Crippen LogP contribution in [0.5, 0.6) is 5.75 Å². The van der Waals surface area contributed by atoms with E-state index in [1.807, 2.05) is 13.8 Å². The van der Waals surface area contributed by atoms with Gasteiger partial charge in [-0.2, -0.15) is 0 Å². The molecule has 1 aromatic carbocycles. The molecular formula is C44H70N2O27. The van der Waals surface area contributed by atoms with Crippen molar-refractivity contribution in [3.8, 4) is 5.75 Å². The van der Waals surface area contributed by atoms with Crippen LogP contribution in [0, 0.1) is 5.41 Å². The molecule has 6 aliphatic rings. The molecule has 0 aliphatic carbocycles. The maximum Gasteiger partial charge on any atom is 0.237 e. The van der Waals surface area contributed by atoms with Gasteiger partial charge in [-0.1, -0.05) is 26.0 Å². The van der Waals surface area contributed by atoms with Crippen LogP contribution in [0.15, 0.2) is 24.3 Å². The van der Waals surface area contributed by atoms with Crippen molar-refractivity contribution < 1.29 is 133 Å². The van der Waals surface area contributed by atoms with Gasteiger partial charge in [0.25, 0.3) is 0 Å². The van der Waals surface area contributed by atoms with E-state index in [-0.39, 0.29) is 17.7 Å². The molecule has 1 aromatic rings. The normalized spacial score (nSPS) is 47.3. The van der Waals surface area contributed by atoms with E-state index in [0.29, 0.717) is 6.42 Å². The third-order valence-corrected chi connectivity index (χ3v) is 14.5. The Kier molecular flexibility index (Phi) is 19.4. The Bertz CT molecular complexity index is 1900. The number of nitrogens with one attached hydrogen (secondary N) is 1. The summed E-state index contributed by atoms with van der Waals surface area (Å²) < 4.78 is 62.0. The number of carbonyl (C=O) groups excluding carboxylic acids is 1. The summed E-state index contributed by atoms with van der Waals surface area (Å²) in [6, 6.07) is 5.68. The Morgan fingerprint density at radius 2 is 0.795 bits per heavy atom. The van der Waals surface area contributed by atoms with Crippen molar-refractivity contribution in [1.82, 2.24) is 5.32 Å². The number of amides is 1. The van der Waals surface area contributed by atoms with E-state index in [1.165, 1.54) is 7.11 Å². The smallest absolute Gasteiger partial charge is 0.237 e. The molecule has 0 aromatic heterocycles. The summed E-state index contributed by atoms with van der Waals surface area (Å²) in [6.45, 7) is -0.588. The molecule has 6 saturated heterocycles. The van der Waals surface area contributed by atoms with E-state index in [2.05, 4.69) is 5.32 Å². The van der Waals surface area contributed by atoms with Crippen LogP contribution in [0.3, 0.4) is 0 Å². The number of hydrogen-bond donors (Lipinski definition) is 17. The first-order valence-electron chi connectivity index (χ1n) is 23.7. The number of methoxy groups -OCH3 is 1. The molecule has 18 N–H and O–H groups in total. The summed E-state index contributed by atoms with van der Waals surface area (Å²) >= 11 is 0. The zero-order valence-corrected chi connectivity index (χ0v) is 39.8. The van der Waals surface area contributed by atoms with Gasteiger partial charge in [0.05, 0.1) is 39.1 Å². The third-order valence-electron chi connectivity index (χ3n) is 14.5. The maximum atomic E-state index is 12.2. The summed E-state index contributed by atoms with van der Waals surface area (Å²) in [5, 5.41) is 164. The fourth-order valence-electron chi connectivity index (χ4n) is 9.78. The standard InChI is InChI=1S/C44H70N2O27/c1-44(2)21(46-38(62)37(44)45)8-14-4-6-15(7-5-14)64-39-28(58)23(53)33(17(10-48)66-39)71-41-30(60)25(55)35(19(12-50)68-41)73-43-31(61)26(56)36(20(13-51)69-43)72-42-29(59)24(54)34(18(11-49)67-42)70-40-27(57)22(52)32(63-3)16(9-47)65-40/h4-7,16-37,39-43,47-61H,8-13,45H2,1-3H3,(H,46,62). The zero-order valence-electron chi connectivity index (χ0n) is 39.8. The summed E-state index contributed by atoms with van der Waals surface area (Å²) in [7, 11) is 1.20.